The zero-order valence-corrected chi connectivity index (χ0v) is 37.8. The fourth-order valence-corrected chi connectivity index (χ4v) is 9.46. The van der Waals surface area contributed by atoms with Gasteiger partial charge in [0.05, 0.1) is 22.4 Å². The van der Waals surface area contributed by atoms with E-state index in [-0.39, 0.29) is 34.3 Å². The van der Waals surface area contributed by atoms with Gasteiger partial charge in [0.1, 0.15) is 22.8 Å². The zero-order chi connectivity index (χ0) is 46.2. The number of anilines is 4. The summed E-state index contributed by atoms with van der Waals surface area (Å²) in [5, 5.41) is 23.6. The smallest absolute Gasteiger partial charge is 0.341 e. The van der Waals surface area contributed by atoms with Crippen molar-refractivity contribution in [3.8, 4) is 0 Å². The number of benzene rings is 6. The van der Waals surface area contributed by atoms with E-state index in [1.165, 1.54) is 57.4 Å². The Hall–Kier alpha value is -7.45. The van der Waals surface area contributed by atoms with Gasteiger partial charge < -0.3 is 38.9 Å². The lowest BCUT2D eigenvalue weighted by Crippen LogP contribution is -2.47. The maximum Gasteiger partial charge on any atom is 0.341 e. The predicted octanol–water partition coefficient (Wildman–Crippen LogP) is 9.10. The average molecular weight is 927 g/mol. The summed E-state index contributed by atoms with van der Waals surface area (Å²) in [6.07, 6.45) is 2.68. The normalized spacial score (nSPS) is 14.0. The van der Waals surface area contributed by atoms with Crippen molar-refractivity contribution in [3.63, 3.8) is 0 Å². The molecule has 12 nitrogen and oxygen atoms in total. The Bertz CT molecular complexity index is 3090. The molecule has 0 saturated carbocycles. The van der Waals surface area contributed by atoms with Crippen LogP contribution in [0.1, 0.15) is 34.6 Å². The van der Waals surface area contributed by atoms with Gasteiger partial charge in [-0.1, -0.05) is 72.8 Å². The number of hydrogen-bond acceptors (Lipinski definition) is 8. The molecular weight excluding hydrogens is 878 g/mol. The molecule has 0 bridgehead atoms. The second-order valence-corrected chi connectivity index (χ2v) is 16.5. The summed E-state index contributed by atoms with van der Waals surface area (Å²) in [7, 11) is 0. The SMILES string of the molecule is CCn1cc(C(=O)O)c(=O)c2cc(F)c(N3CCN(c4cccc5ccccc45)CC3)cc21.CCn1cc(C(=O)O)c(=O)c2cc(F)c(N3CCN(c4cccc5ccccc45)CC3)cc21.Cl. The van der Waals surface area contributed by atoms with Crippen LogP contribution in [-0.4, -0.2) is 83.6 Å². The number of aromatic nitrogens is 2. The number of aryl methyl sites for hydroxylation is 2. The molecule has 0 spiro atoms. The van der Waals surface area contributed by atoms with Crippen LogP contribution in [0.25, 0.3) is 43.4 Å². The van der Waals surface area contributed by atoms with E-state index in [4.69, 9.17) is 0 Å². The number of halogens is 3. The van der Waals surface area contributed by atoms with Gasteiger partial charge in [0.25, 0.3) is 0 Å². The molecule has 67 heavy (non-hydrogen) atoms. The number of aromatic carboxylic acids is 2. The molecule has 2 aliphatic heterocycles. The fourth-order valence-electron chi connectivity index (χ4n) is 9.46. The second kappa shape index (κ2) is 19.2. The van der Waals surface area contributed by atoms with Gasteiger partial charge in [-0.15, -0.1) is 12.4 Å². The summed E-state index contributed by atoms with van der Waals surface area (Å²) in [6, 6.07) is 34.8. The highest BCUT2D eigenvalue weighted by atomic mass is 35.5. The predicted molar refractivity (Wildman–Crippen MR) is 266 cm³/mol. The molecule has 344 valence electrons. The molecule has 0 radical (unpaired) electrons. The fraction of sp³-hybridized carbons (Fsp3) is 0.231. The maximum absolute atomic E-state index is 15.1. The molecule has 2 N–H and O–H groups in total. The maximum atomic E-state index is 15.1. The molecule has 6 aromatic carbocycles. The molecule has 15 heteroatoms. The molecule has 0 amide bonds. The van der Waals surface area contributed by atoms with Crippen LogP contribution in [0.2, 0.25) is 0 Å². The summed E-state index contributed by atoms with van der Waals surface area (Å²) >= 11 is 0. The minimum Gasteiger partial charge on any atom is -0.477 e. The van der Waals surface area contributed by atoms with Gasteiger partial charge in [0.15, 0.2) is 0 Å². The first-order chi connectivity index (χ1) is 31.9. The molecule has 2 aliphatic rings. The second-order valence-electron chi connectivity index (χ2n) is 16.5. The van der Waals surface area contributed by atoms with E-state index in [1.807, 2.05) is 47.9 Å². The molecule has 0 aliphatic carbocycles. The van der Waals surface area contributed by atoms with E-state index in [0.717, 1.165) is 26.2 Å². The molecule has 0 unspecified atom stereocenters. The van der Waals surface area contributed by atoms with Crippen LogP contribution in [0.3, 0.4) is 0 Å². The third kappa shape index (κ3) is 8.72. The lowest BCUT2D eigenvalue weighted by Gasteiger charge is -2.38. The van der Waals surface area contributed by atoms with Crippen LogP contribution < -0.4 is 30.5 Å². The number of carboxylic acid groups (broad SMARTS) is 2. The standard InChI is InChI=1S/2C26H24FN3O3.ClH/c2*1-2-28-16-20(26(32)33)25(31)19-14-21(27)24(15-23(19)28)30-12-10-29(11-13-30)22-9-5-7-17-6-3-4-8-18(17)22;/h2*3-9,14-16H,2,10-13H2,1H3,(H,32,33);1H. The van der Waals surface area contributed by atoms with Crippen LogP contribution in [0.4, 0.5) is 31.5 Å². The van der Waals surface area contributed by atoms with Crippen molar-refractivity contribution in [1.29, 1.82) is 0 Å². The quantitative estimate of drug-likeness (QED) is 0.152. The van der Waals surface area contributed by atoms with Crippen molar-refractivity contribution in [1.82, 2.24) is 9.13 Å². The highest BCUT2D eigenvalue weighted by Gasteiger charge is 2.25. The first-order valence-corrected chi connectivity index (χ1v) is 22.1. The van der Waals surface area contributed by atoms with Crippen molar-refractivity contribution in [2.45, 2.75) is 26.9 Å². The lowest BCUT2D eigenvalue weighted by atomic mass is 10.1. The van der Waals surface area contributed by atoms with Gasteiger partial charge in [-0.2, -0.15) is 0 Å². The van der Waals surface area contributed by atoms with E-state index in [2.05, 4.69) is 70.5 Å². The molecule has 0 atom stereocenters. The number of carbonyl (C=O) groups is 2. The Morgan fingerprint density at radius 1 is 0.478 bits per heavy atom. The van der Waals surface area contributed by atoms with Crippen LogP contribution in [0.15, 0.2) is 131 Å². The first kappa shape index (κ1) is 46.1. The van der Waals surface area contributed by atoms with Gasteiger partial charge in [0.2, 0.25) is 10.9 Å². The van der Waals surface area contributed by atoms with Gasteiger partial charge in [-0.3, -0.25) is 9.59 Å². The van der Waals surface area contributed by atoms with Crippen LogP contribution in [0.5, 0.6) is 0 Å². The number of hydrogen-bond donors (Lipinski definition) is 2. The number of pyridine rings is 2. The van der Waals surface area contributed by atoms with Gasteiger partial charge in [-0.05, 0) is 61.0 Å². The van der Waals surface area contributed by atoms with Gasteiger partial charge in [-0.25, -0.2) is 18.4 Å². The number of piperazine rings is 2. The van der Waals surface area contributed by atoms with Gasteiger partial charge >= 0.3 is 11.9 Å². The number of fused-ring (bicyclic) bond motifs is 4. The summed E-state index contributed by atoms with van der Waals surface area (Å²) in [4.78, 5) is 56.7. The molecule has 10 rings (SSSR count). The molecule has 2 aromatic heterocycles. The Morgan fingerprint density at radius 3 is 1.15 bits per heavy atom. The van der Waals surface area contributed by atoms with Gasteiger partial charge in [0, 0.05) is 111 Å². The van der Waals surface area contributed by atoms with E-state index in [0.29, 0.717) is 61.7 Å². The van der Waals surface area contributed by atoms with Crippen LogP contribution in [0, 0.1) is 11.6 Å². The van der Waals surface area contributed by atoms with Crippen LogP contribution >= 0.6 is 12.4 Å². The van der Waals surface area contributed by atoms with E-state index >= 15 is 8.78 Å². The largest absolute Gasteiger partial charge is 0.477 e. The van der Waals surface area contributed by atoms with E-state index in [1.54, 1.807) is 21.3 Å². The molecule has 2 saturated heterocycles. The first-order valence-electron chi connectivity index (χ1n) is 22.1. The molecule has 8 aromatic rings. The Kier molecular flexibility index (Phi) is 13.2. The highest BCUT2D eigenvalue weighted by molar-refractivity contribution is 5.97. The third-order valence-electron chi connectivity index (χ3n) is 12.9. The highest BCUT2D eigenvalue weighted by Crippen LogP contribution is 2.33. The topological polar surface area (TPSA) is 132 Å². The summed E-state index contributed by atoms with van der Waals surface area (Å²) in [5.41, 5.74) is 2.29. The number of nitrogens with zero attached hydrogens (tertiary/aromatic N) is 6. The lowest BCUT2D eigenvalue weighted by molar-refractivity contribution is 0.0684. The van der Waals surface area contributed by atoms with Crippen molar-refractivity contribution in [3.05, 3.63) is 165 Å². The molecule has 4 heterocycles. The Labute approximate surface area is 390 Å². The van der Waals surface area contributed by atoms with E-state index < -0.39 is 34.4 Å². The molecule has 2 fully saturated rings. The Morgan fingerprint density at radius 2 is 0.806 bits per heavy atom. The summed E-state index contributed by atoms with van der Waals surface area (Å²) in [6.45, 7) is 10.2. The summed E-state index contributed by atoms with van der Waals surface area (Å²) < 4.78 is 33.6. The monoisotopic (exact) mass is 926 g/mol. The minimum absolute atomic E-state index is 0. The van der Waals surface area contributed by atoms with Crippen LogP contribution in [-0.2, 0) is 13.1 Å². The average Bonchev–Trinajstić information content (AvgIpc) is 3.34. The van der Waals surface area contributed by atoms with Crippen molar-refractivity contribution in [2.24, 2.45) is 0 Å². The number of rotatable bonds is 8. The summed E-state index contributed by atoms with van der Waals surface area (Å²) in [5.74, 6) is -3.64. The van der Waals surface area contributed by atoms with Crippen molar-refractivity contribution >= 4 is 90.4 Å². The van der Waals surface area contributed by atoms with E-state index in [9.17, 15) is 29.4 Å². The van der Waals surface area contributed by atoms with Crippen molar-refractivity contribution in [2.75, 3.05) is 72.0 Å². The Balaban J connectivity index is 0.000000179. The molecular formula is C52H49ClF2N6O6. The van der Waals surface area contributed by atoms with Crippen molar-refractivity contribution < 1.29 is 28.6 Å². The minimum atomic E-state index is -1.31. The number of carboxylic acids is 2. The third-order valence-corrected chi connectivity index (χ3v) is 12.9. The zero-order valence-electron chi connectivity index (χ0n) is 37.0.